The predicted molar refractivity (Wildman–Crippen MR) is 77.7 cm³/mol. The molecule has 104 valence electrons. The third kappa shape index (κ3) is 3.10. The monoisotopic (exact) mass is 249 g/mol. The fourth-order valence-corrected chi connectivity index (χ4v) is 4.55. The Kier molecular flexibility index (Phi) is 4.62. The first-order valence-electron chi connectivity index (χ1n) is 8.67. The lowest BCUT2D eigenvalue weighted by molar-refractivity contribution is 0.141. The van der Waals surface area contributed by atoms with Gasteiger partial charge in [-0.25, -0.2) is 0 Å². The second kappa shape index (κ2) is 6.41. The topological polar surface area (TPSA) is 12.0 Å². The molecule has 3 aliphatic rings. The molecular weight excluding hydrogens is 218 g/mol. The van der Waals surface area contributed by atoms with Crippen LogP contribution in [0.15, 0.2) is 0 Å². The summed E-state index contributed by atoms with van der Waals surface area (Å²) in [5.41, 5.74) is 0. The average Bonchev–Trinajstić information content (AvgIpc) is 2.39. The van der Waals surface area contributed by atoms with Crippen LogP contribution in [-0.2, 0) is 0 Å². The summed E-state index contributed by atoms with van der Waals surface area (Å²) in [4.78, 5) is 0. The van der Waals surface area contributed by atoms with Crippen LogP contribution in [0.5, 0.6) is 0 Å². The molecule has 0 aliphatic heterocycles. The van der Waals surface area contributed by atoms with E-state index < -0.39 is 0 Å². The molecule has 0 radical (unpaired) electrons. The largest absolute Gasteiger partial charge is 0.313 e. The third-order valence-corrected chi connectivity index (χ3v) is 5.97. The van der Waals surface area contributed by atoms with Gasteiger partial charge >= 0.3 is 0 Å². The molecule has 3 saturated carbocycles. The van der Waals surface area contributed by atoms with E-state index in [9.17, 15) is 0 Å². The molecule has 1 nitrogen and oxygen atoms in total. The van der Waals surface area contributed by atoms with Crippen molar-refractivity contribution in [1.82, 2.24) is 5.32 Å². The summed E-state index contributed by atoms with van der Waals surface area (Å²) in [7, 11) is 0. The lowest BCUT2D eigenvalue weighted by Crippen LogP contribution is -2.44. The Morgan fingerprint density at radius 1 is 0.667 bits per heavy atom. The summed E-state index contributed by atoms with van der Waals surface area (Å²) in [5.74, 6) is 3.12. The number of rotatable bonds is 4. The van der Waals surface area contributed by atoms with E-state index in [-0.39, 0.29) is 0 Å². The van der Waals surface area contributed by atoms with Gasteiger partial charge < -0.3 is 5.32 Å². The molecule has 3 rings (SSSR count). The maximum absolute atomic E-state index is 3.97. The average molecular weight is 249 g/mol. The summed E-state index contributed by atoms with van der Waals surface area (Å²) < 4.78 is 0. The van der Waals surface area contributed by atoms with Crippen molar-refractivity contribution >= 4 is 0 Å². The van der Waals surface area contributed by atoms with Gasteiger partial charge in [-0.05, 0) is 50.0 Å². The number of nitrogens with one attached hydrogen (secondary N) is 1. The molecule has 0 aromatic heterocycles. The Bertz CT molecular complexity index is 240. The Morgan fingerprint density at radius 2 is 1.39 bits per heavy atom. The van der Waals surface area contributed by atoms with Gasteiger partial charge in [0.1, 0.15) is 0 Å². The predicted octanol–water partition coefficient (Wildman–Crippen LogP) is 4.52. The minimum Gasteiger partial charge on any atom is -0.313 e. The molecule has 3 fully saturated rings. The van der Waals surface area contributed by atoms with Crippen molar-refractivity contribution in [3.05, 3.63) is 0 Å². The molecule has 0 aromatic rings. The van der Waals surface area contributed by atoms with Crippen molar-refractivity contribution in [2.75, 3.05) is 6.54 Å². The lowest BCUT2D eigenvalue weighted by Gasteiger charge is -2.40. The normalized spacial score (nSPS) is 35.3. The smallest absolute Gasteiger partial charge is 0.00980 e. The fraction of sp³-hybridized carbons (Fsp3) is 1.00. The molecule has 2 unspecified atom stereocenters. The van der Waals surface area contributed by atoms with Gasteiger partial charge in [0.15, 0.2) is 0 Å². The summed E-state index contributed by atoms with van der Waals surface area (Å²) in [6, 6.07) is 0.877. The minimum atomic E-state index is 0.877. The van der Waals surface area contributed by atoms with Crippen LogP contribution in [0.1, 0.15) is 77.0 Å². The van der Waals surface area contributed by atoms with Crippen LogP contribution >= 0.6 is 0 Å². The van der Waals surface area contributed by atoms with Crippen molar-refractivity contribution in [3.8, 4) is 0 Å². The lowest BCUT2D eigenvalue weighted by atomic mass is 9.70. The number of hydrogen-bond donors (Lipinski definition) is 1. The summed E-state index contributed by atoms with van der Waals surface area (Å²) in [5, 5.41) is 3.97. The van der Waals surface area contributed by atoms with Crippen LogP contribution in [0.3, 0.4) is 0 Å². The first kappa shape index (κ1) is 13.0. The van der Waals surface area contributed by atoms with Gasteiger partial charge in [-0.3, -0.25) is 0 Å². The molecule has 1 N–H and O–H groups in total. The molecule has 18 heavy (non-hydrogen) atoms. The zero-order valence-corrected chi connectivity index (χ0v) is 12.0. The van der Waals surface area contributed by atoms with E-state index in [2.05, 4.69) is 5.32 Å². The highest BCUT2D eigenvalue weighted by atomic mass is 14.9. The summed E-state index contributed by atoms with van der Waals surface area (Å²) in [6.45, 7) is 1.33. The molecule has 0 saturated heterocycles. The van der Waals surface area contributed by atoms with Gasteiger partial charge in [0.2, 0.25) is 0 Å². The van der Waals surface area contributed by atoms with E-state index in [0.717, 1.165) is 23.8 Å². The van der Waals surface area contributed by atoms with Crippen molar-refractivity contribution in [2.24, 2.45) is 17.8 Å². The maximum atomic E-state index is 3.97. The van der Waals surface area contributed by atoms with E-state index in [1.54, 1.807) is 0 Å². The zero-order chi connectivity index (χ0) is 12.2. The Balaban J connectivity index is 1.51. The van der Waals surface area contributed by atoms with Crippen LogP contribution in [0, 0.1) is 17.8 Å². The summed E-state index contributed by atoms with van der Waals surface area (Å²) >= 11 is 0. The van der Waals surface area contributed by atoms with Crippen LogP contribution in [0.25, 0.3) is 0 Å². The molecule has 0 heterocycles. The van der Waals surface area contributed by atoms with E-state index in [0.29, 0.717) is 0 Å². The van der Waals surface area contributed by atoms with Gasteiger partial charge in [0.25, 0.3) is 0 Å². The van der Waals surface area contributed by atoms with Crippen LogP contribution in [-0.4, -0.2) is 12.6 Å². The third-order valence-electron chi connectivity index (χ3n) is 5.97. The van der Waals surface area contributed by atoms with Gasteiger partial charge in [0.05, 0.1) is 0 Å². The zero-order valence-electron chi connectivity index (χ0n) is 12.0. The van der Waals surface area contributed by atoms with Gasteiger partial charge in [-0.2, -0.15) is 0 Å². The molecular formula is C17H31N. The van der Waals surface area contributed by atoms with E-state index in [1.807, 2.05) is 0 Å². The van der Waals surface area contributed by atoms with E-state index in [1.165, 1.54) is 83.6 Å². The molecule has 0 spiro atoms. The quantitative estimate of drug-likeness (QED) is 0.772. The first-order valence-corrected chi connectivity index (χ1v) is 8.67. The Morgan fingerprint density at radius 3 is 2.11 bits per heavy atom. The maximum Gasteiger partial charge on any atom is 0.00980 e. The van der Waals surface area contributed by atoms with Crippen molar-refractivity contribution in [2.45, 2.75) is 83.1 Å². The highest BCUT2D eigenvalue weighted by Gasteiger charge is 2.32. The van der Waals surface area contributed by atoms with Gasteiger partial charge in [0, 0.05) is 6.04 Å². The number of hydrogen-bond acceptors (Lipinski definition) is 1. The fourth-order valence-electron chi connectivity index (χ4n) is 4.55. The van der Waals surface area contributed by atoms with E-state index >= 15 is 0 Å². The molecule has 0 amide bonds. The first-order chi connectivity index (χ1) is 8.93. The summed E-state index contributed by atoms with van der Waals surface area (Å²) in [6.07, 6.45) is 18.0. The van der Waals surface area contributed by atoms with E-state index in [4.69, 9.17) is 0 Å². The van der Waals surface area contributed by atoms with Crippen LogP contribution in [0.4, 0.5) is 0 Å². The van der Waals surface area contributed by atoms with Crippen LogP contribution < -0.4 is 5.32 Å². The Hall–Kier alpha value is -0.0400. The molecule has 0 bridgehead atoms. The molecule has 1 heteroatoms. The standard InChI is InChI=1S/C17H31N/c1-2-9-15(10-3-1)16-11-4-5-12-17(16)18-13-14-7-6-8-14/h14-18H,1-13H2. The Labute approximate surface area is 113 Å². The molecule has 2 atom stereocenters. The van der Waals surface area contributed by atoms with Crippen LogP contribution in [0.2, 0.25) is 0 Å². The minimum absolute atomic E-state index is 0.877. The highest BCUT2D eigenvalue weighted by molar-refractivity contribution is 4.88. The van der Waals surface area contributed by atoms with Crippen molar-refractivity contribution in [3.63, 3.8) is 0 Å². The second-order valence-corrected chi connectivity index (χ2v) is 7.16. The highest BCUT2D eigenvalue weighted by Crippen LogP contribution is 2.38. The molecule has 3 aliphatic carbocycles. The molecule has 0 aromatic carbocycles. The van der Waals surface area contributed by atoms with Gasteiger partial charge in [-0.1, -0.05) is 51.4 Å². The second-order valence-electron chi connectivity index (χ2n) is 7.16. The van der Waals surface area contributed by atoms with Gasteiger partial charge in [-0.15, -0.1) is 0 Å². The van der Waals surface area contributed by atoms with Crippen molar-refractivity contribution in [1.29, 1.82) is 0 Å². The SMILES string of the molecule is C1CCC(C2CCCCC2NCC2CCC2)CC1. The van der Waals surface area contributed by atoms with Crippen molar-refractivity contribution < 1.29 is 0 Å².